The Morgan fingerprint density at radius 2 is 1.84 bits per heavy atom. The molecule has 1 aromatic rings. The summed E-state index contributed by atoms with van der Waals surface area (Å²) < 4.78 is 26.6. The highest BCUT2D eigenvalue weighted by molar-refractivity contribution is 7.89. The number of hydrogen-bond acceptors (Lipinski definition) is 4. The fourth-order valence-corrected chi connectivity index (χ4v) is 4.29. The Kier molecular flexibility index (Phi) is 9.97. The number of sulfonamides is 1. The number of nitrogens with one attached hydrogen (secondary N) is 1. The summed E-state index contributed by atoms with van der Waals surface area (Å²) in [5.41, 5.74) is 6.20. The van der Waals surface area contributed by atoms with Crippen molar-refractivity contribution in [3.8, 4) is 0 Å². The van der Waals surface area contributed by atoms with Gasteiger partial charge in [-0.1, -0.05) is 39.3 Å². The maximum absolute atomic E-state index is 12.6. The molecule has 0 unspecified atom stereocenters. The van der Waals surface area contributed by atoms with Crippen LogP contribution in [-0.4, -0.2) is 37.8 Å². The molecule has 0 saturated heterocycles. The van der Waals surface area contributed by atoms with Gasteiger partial charge < -0.3 is 11.1 Å². The number of nitrogens with zero attached hydrogens (tertiary/aromatic N) is 1. The molecular formula is C16H27Cl2N3O3S. The number of halogens is 2. The monoisotopic (exact) mass is 411 g/mol. The van der Waals surface area contributed by atoms with E-state index in [-0.39, 0.29) is 34.2 Å². The van der Waals surface area contributed by atoms with Gasteiger partial charge in [0.15, 0.2) is 0 Å². The molecule has 0 aliphatic rings. The average Bonchev–Trinajstić information content (AvgIpc) is 2.49. The molecule has 1 amide bonds. The van der Waals surface area contributed by atoms with Crippen LogP contribution in [0.4, 0.5) is 5.69 Å². The third kappa shape index (κ3) is 6.42. The first-order valence-electron chi connectivity index (χ1n) is 7.99. The van der Waals surface area contributed by atoms with E-state index in [2.05, 4.69) is 5.32 Å². The van der Waals surface area contributed by atoms with Crippen LogP contribution in [0.5, 0.6) is 0 Å². The third-order valence-corrected chi connectivity index (χ3v) is 6.12. The SMILES string of the molecule is CCN(CC)S(=O)(=O)c1cc(NC(=O)[C@@H](N)CC(C)C)ccc1Cl.Cl. The lowest BCUT2D eigenvalue weighted by Crippen LogP contribution is -2.36. The van der Waals surface area contributed by atoms with E-state index in [0.717, 1.165) is 0 Å². The van der Waals surface area contributed by atoms with Crippen LogP contribution in [0.3, 0.4) is 0 Å². The second kappa shape index (κ2) is 10.3. The van der Waals surface area contributed by atoms with E-state index in [1.807, 2.05) is 13.8 Å². The van der Waals surface area contributed by atoms with Gasteiger partial charge in [-0.15, -0.1) is 12.4 Å². The number of amides is 1. The van der Waals surface area contributed by atoms with E-state index in [1.54, 1.807) is 19.9 Å². The molecule has 0 heterocycles. The van der Waals surface area contributed by atoms with Crippen LogP contribution < -0.4 is 11.1 Å². The van der Waals surface area contributed by atoms with E-state index in [9.17, 15) is 13.2 Å². The fourth-order valence-electron chi connectivity index (χ4n) is 2.33. The van der Waals surface area contributed by atoms with Gasteiger partial charge in [0.1, 0.15) is 4.90 Å². The number of anilines is 1. The van der Waals surface area contributed by atoms with Gasteiger partial charge in [-0.3, -0.25) is 4.79 Å². The first-order chi connectivity index (χ1) is 11.1. The molecule has 0 fully saturated rings. The molecule has 6 nitrogen and oxygen atoms in total. The summed E-state index contributed by atoms with van der Waals surface area (Å²) in [5, 5.41) is 2.77. The van der Waals surface area contributed by atoms with Crippen molar-refractivity contribution in [2.45, 2.75) is 45.1 Å². The number of hydrogen-bond donors (Lipinski definition) is 2. The zero-order chi connectivity index (χ0) is 18.5. The summed E-state index contributed by atoms with van der Waals surface area (Å²) in [6.45, 7) is 8.14. The predicted molar refractivity (Wildman–Crippen MR) is 105 cm³/mol. The molecule has 25 heavy (non-hydrogen) atoms. The molecule has 0 aromatic heterocycles. The van der Waals surface area contributed by atoms with E-state index < -0.39 is 16.1 Å². The topological polar surface area (TPSA) is 92.5 Å². The predicted octanol–water partition coefficient (Wildman–Crippen LogP) is 3.10. The largest absolute Gasteiger partial charge is 0.325 e. The highest BCUT2D eigenvalue weighted by Crippen LogP contribution is 2.27. The highest BCUT2D eigenvalue weighted by Gasteiger charge is 2.25. The Bertz CT molecular complexity index is 677. The Balaban J connectivity index is 0.00000576. The smallest absolute Gasteiger partial charge is 0.244 e. The third-order valence-electron chi connectivity index (χ3n) is 3.58. The van der Waals surface area contributed by atoms with Crippen molar-refractivity contribution in [3.05, 3.63) is 23.2 Å². The Labute approximate surface area is 161 Å². The molecule has 9 heteroatoms. The van der Waals surface area contributed by atoms with E-state index in [4.69, 9.17) is 17.3 Å². The minimum atomic E-state index is -3.71. The van der Waals surface area contributed by atoms with Crippen LogP contribution in [0.2, 0.25) is 5.02 Å². The van der Waals surface area contributed by atoms with Crippen molar-refractivity contribution in [2.75, 3.05) is 18.4 Å². The summed E-state index contributed by atoms with van der Waals surface area (Å²) >= 11 is 6.06. The number of carbonyl (C=O) groups is 1. The van der Waals surface area contributed by atoms with Crippen LogP contribution in [-0.2, 0) is 14.8 Å². The number of rotatable bonds is 8. The number of carbonyl (C=O) groups excluding carboxylic acids is 1. The summed E-state index contributed by atoms with van der Waals surface area (Å²) in [6, 6.07) is 3.74. The van der Waals surface area contributed by atoms with Gasteiger partial charge in [-0.25, -0.2) is 8.42 Å². The molecule has 0 radical (unpaired) electrons. The molecular weight excluding hydrogens is 385 g/mol. The lowest BCUT2D eigenvalue weighted by atomic mass is 10.0. The maximum Gasteiger partial charge on any atom is 0.244 e. The molecule has 0 aliphatic carbocycles. The van der Waals surface area contributed by atoms with Gasteiger partial charge in [0, 0.05) is 18.8 Å². The van der Waals surface area contributed by atoms with Gasteiger partial charge in [0.25, 0.3) is 0 Å². The average molecular weight is 412 g/mol. The molecule has 1 atom stereocenters. The van der Waals surface area contributed by atoms with Crippen LogP contribution in [0.15, 0.2) is 23.1 Å². The molecule has 0 spiro atoms. The van der Waals surface area contributed by atoms with Crippen molar-refractivity contribution in [3.63, 3.8) is 0 Å². The van der Waals surface area contributed by atoms with E-state index in [1.165, 1.54) is 16.4 Å². The van der Waals surface area contributed by atoms with E-state index >= 15 is 0 Å². The molecule has 144 valence electrons. The quantitative estimate of drug-likeness (QED) is 0.686. The molecule has 0 aliphatic heterocycles. The molecule has 0 bridgehead atoms. The van der Waals surface area contributed by atoms with Crippen LogP contribution in [0.1, 0.15) is 34.1 Å². The normalized spacial score (nSPS) is 12.8. The van der Waals surface area contributed by atoms with Gasteiger partial charge >= 0.3 is 0 Å². The van der Waals surface area contributed by atoms with Gasteiger partial charge in [-0.05, 0) is 30.5 Å². The summed E-state index contributed by atoms with van der Waals surface area (Å²) in [5.74, 6) is -0.0632. The van der Waals surface area contributed by atoms with Gasteiger partial charge in [-0.2, -0.15) is 4.31 Å². The second-order valence-electron chi connectivity index (χ2n) is 5.96. The lowest BCUT2D eigenvalue weighted by molar-refractivity contribution is -0.117. The maximum atomic E-state index is 12.6. The second-order valence-corrected chi connectivity index (χ2v) is 8.27. The zero-order valence-corrected chi connectivity index (χ0v) is 17.3. The summed E-state index contributed by atoms with van der Waals surface area (Å²) in [7, 11) is -3.71. The van der Waals surface area contributed by atoms with Crippen molar-refractivity contribution in [1.29, 1.82) is 0 Å². The number of nitrogens with two attached hydrogens (primary N) is 1. The standard InChI is InChI=1S/C16H26ClN3O3S.ClH/c1-5-20(6-2)24(22,23)15-10-12(7-8-13(15)17)19-16(21)14(18)9-11(3)4;/h7-8,10-11,14H,5-6,9,18H2,1-4H3,(H,19,21);1H/t14-;/m0./s1. The van der Waals surface area contributed by atoms with Crippen molar-refractivity contribution < 1.29 is 13.2 Å². The first-order valence-corrected chi connectivity index (χ1v) is 9.81. The fraction of sp³-hybridized carbons (Fsp3) is 0.562. The van der Waals surface area contributed by atoms with Crippen LogP contribution >= 0.6 is 24.0 Å². The molecule has 3 N–H and O–H groups in total. The van der Waals surface area contributed by atoms with E-state index in [0.29, 0.717) is 25.2 Å². The molecule has 1 rings (SSSR count). The number of benzene rings is 1. The molecule has 0 saturated carbocycles. The van der Waals surface area contributed by atoms with Crippen LogP contribution in [0, 0.1) is 5.92 Å². The zero-order valence-electron chi connectivity index (χ0n) is 15.0. The Morgan fingerprint density at radius 3 is 2.32 bits per heavy atom. The van der Waals surface area contributed by atoms with Crippen molar-refractivity contribution in [2.24, 2.45) is 11.7 Å². The molecule has 1 aromatic carbocycles. The first kappa shape index (κ1) is 24.1. The van der Waals surface area contributed by atoms with Crippen molar-refractivity contribution >= 4 is 45.6 Å². The van der Waals surface area contributed by atoms with Crippen LogP contribution in [0.25, 0.3) is 0 Å². The minimum Gasteiger partial charge on any atom is -0.325 e. The van der Waals surface area contributed by atoms with Gasteiger partial charge in [0.05, 0.1) is 11.1 Å². The Hall–Kier alpha value is -0.860. The lowest BCUT2D eigenvalue weighted by Gasteiger charge is -2.20. The minimum absolute atomic E-state index is 0. The highest BCUT2D eigenvalue weighted by atomic mass is 35.5. The van der Waals surface area contributed by atoms with Crippen molar-refractivity contribution in [1.82, 2.24) is 4.31 Å². The van der Waals surface area contributed by atoms with Gasteiger partial charge in [0.2, 0.25) is 15.9 Å². The Morgan fingerprint density at radius 1 is 1.28 bits per heavy atom. The summed E-state index contributed by atoms with van der Waals surface area (Å²) in [6.07, 6.45) is 0.546. The summed E-state index contributed by atoms with van der Waals surface area (Å²) in [4.78, 5) is 12.1.